The molecule has 0 amide bonds. The highest BCUT2D eigenvalue weighted by atomic mass is 79.9. The third-order valence-electron chi connectivity index (χ3n) is 2.62. The molecule has 2 aromatic rings. The van der Waals surface area contributed by atoms with Gasteiger partial charge in [0, 0.05) is 18.0 Å². The highest BCUT2D eigenvalue weighted by Crippen LogP contribution is 2.34. The van der Waals surface area contributed by atoms with Gasteiger partial charge in [-0.1, -0.05) is 11.6 Å². The average molecular weight is 359 g/mol. The first-order valence-electron chi connectivity index (χ1n) is 5.73. The van der Waals surface area contributed by atoms with E-state index in [2.05, 4.69) is 31.2 Å². The molecule has 0 spiro atoms. The van der Waals surface area contributed by atoms with Crippen molar-refractivity contribution in [3.63, 3.8) is 0 Å². The molecule has 1 aromatic carbocycles. The van der Waals surface area contributed by atoms with E-state index in [0.29, 0.717) is 27.1 Å². The number of halogens is 2. The van der Waals surface area contributed by atoms with E-state index < -0.39 is 0 Å². The third-order valence-corrected chi connectivity index (χ3v) is 3.72. The van der Waals surface area contributed by atoms with Gasteiger partial charge in [-0.25, -0.2) is 4.98 Å². The molecule has 20 heavy (non-hydrogen) atoms. The van der Waals surface area contributed by atoms with Crippen molar-refractivity contribution in [3.8, 4) is 11.5 Å². The number of benzene rings is 1. The molecule has 5 nitrogen and oxygen atoms in total. The van der Waals surface area contributed by atoms with Crippen molar-refractivity contribution in [3.05, 3.63) is 33.5 Å². The summed E-state index contributed by atoms with van der Waals surface area (Å²) in [6, 6.07) is 3.73. The summed E-state index contributed by atoms with van der Waals surface area (Å²) >= 11 is 9.18. The first-order chi connectivity index (χ1) is 9.55. The highest BCUT2D eigenvalue weighted by molar-refractivity contribution is 9.10. The van der Waals surface area contributed by atoms with Crippen molar-refractivity contribution in [2.45, 2.75) is 6.92 Å². The van der Waals surface area contributed by atoms with Crippen LogP contribution < -0.4 is 14.8 Å². The van der Waals surface area contributed by atoms with E-state index in [0.717, 1.165) is 11.3 Å². The van der Waals surface area contributed by atoms with E-state index in [1.54, 1.807) is 20.4 Å². The Balaban J connectivity index is 2.33. The van der Waals surface area contributed by atoms with Crippen molar-refractivity contribution in [2.24, 2.45) is 0 Å². The van der Waals surface area contributed by atoms with E-state index >= 15 is 0 Å². The molecule has 0 saturated carbocycles. The Labute approximate surface area is 130 Å². The molecule has 2 rings (SSSR count). The zero-order valence-corrected chi connectivity index (χ0v) is 13.5. The number of methoxy groups -OCH3 is 2. The van der Waals surface area contributed by atoms with E-state index in [-0.39, 0.29) is 0 Å². The Kier molecular flexibility index (Phi) is 4.67. The van der Waals surface area contributed by atoms with Gasteiger partial charge >= 0.3 is 0 Å². The van der Waals surface area contributed by atoms with Gasteiger partial charge in [-0.2, -0.15) is 4.98 Å². The lowest BCUT2D eigenvalue weighted by molar-refractivity contribution is 0.353. The molecule has 0 aliphatic rings. The maximum atomic E-state index is 5.93. The van der Waals surface area contributed by atoms with Gasteiger partial charge in [-0.15, -0.1) is 0 Å². The molecule has 7 heteroatoms. The minimum Gasteiger partial charge on any atom is -0.493 e. The lowest BCUT2D eigenvalue weighted by atomic mass is 10.2. The summed E-state index contributed by atoms with van der Waals surface area (Å²) < 4.78 is 11.2. The number of aromatic nitrogens is 2. The maximum absolute atomic E-state index is 5.93. The topological polar surface area (TPSA) is 56.3 Å². The van der Waals surface area contributed by atoms with E-state index in [1.165, 1.54) is 0 Å². The first-order valence-corrected chi connectivity index (χ1v) is 6.90. The fourth-order valence-electron chi connectivity index (χ4n) is 1.76. The number of nitrogens with zero attached hydrogens (tertiary/aromatic N) is 2. The van der Waals surface area contributed by atoms with Crippen LogP contribution in [0.15, 0.2) is 22.8 Å². The molecule has 1 N–H and O–H groups in total. The van der Waals surface area contributed by atoms with Crippen LogP contribution in [0.4, 0.5) is 11.6 Å². The van der Waals surface area contributed by atoms with Gasteiger partial charge < -0.3 is 14.8 Å². The first kappa shape index (κ1) is 14.9. The molecular formula is C13H13BrClN3O2. The van der Waals surface area contributed by atoms with Gasteiger partial charge in [0.25, 0.3) is 0 Å². The Bertz CT molecular complexity index is 637. The molecule has 1 heterocycles. The van der Waals surface area contributed by atoms with Gasteiger partial charge in [0.1, 0.15) is 5.15 Å². The van der Waals surface area contributed by atoms with Gasteiger partial charge in [0.15, 0.2) is 11.5 Å². The van der Waals surface area contributed by atoms with Gasteiger partial charge in [-0.3, -0.25) is 0 Å². The normalized spacial score (nSPS) is 10.2. The second kappa shape index (κ2) is 6.28. The number of hydrogen-bond acceptors (Lipinski definition) is 5. The van der Waals surface area contributed by atoms with Gasteiger partial charge in [0.05, 0.1) is 18.7 Å². The van der Waals surface area contributed by atoms with E-state index in [4.69, 9.17) is 21.1 Å². The van der Waals surface area contributed by atoms with Crippen molar-refractivity contribution in [1.29, 1.82) is 0 Å². The van der Waals surface area contributed by atoms with Gasteiger partial charge in [0.2, 0.25) is 5.95 Å². The Morgan fingerprint density at radius 2 is 2.00 bits per heavy atom. The van der Waals surface area contributed by atoms with Crippen LogP contribution >= 0.6 is 27.5 Å². The molecule has 0 bridgehead atoms. The second-order valence-electron chi connectivity index (χ2n) is 3.99. The maximum Gasteiger partial charge on any atom is 0.228 e. The van der Waals surface area contributed by atoms with E-state index in [9.17, 15) is 0 Å². The molecular weight excluding hydrogens is 346 g/mol. The second-order valence-corrected chi connectivity index (χ2v) is 5.20. The molecule has 0 atom stereocenters. The summed E-state index contributed by atoms with van der Waals surface area (Å²) in [5.41, 5.74) is 1.73. The number of hydrogen-bond donors (Lipinski definition) is 1. The molecule has 0 unspecified atom stereocenters. The molecule has 1 aromatic heterocycles. The van der Waals surface area contributed by atoms with Crippen LogP contribution in [-0.4, -0.2) is 24.2 Å². The van der Waals surface area contributed by atoms with Crippen LogP contribution in [0.5, 0.6) is 11.5 Å². The standard InChI is InChI=1S/C13H13BrClN3O2/c1-7-4-8(5-10(19-2)11(7)20-3)17-13-16-6-9(14)12(15)18-13/h4-6H,1-3H3,(H,16,17,18). The Morgan fingerprint density at radius 1 is 1.25 bits per heavy atom. The summed E-state index contributed by atoms with van der Waals surface area (Å²) in [4.78, 5) is 8.26. The smallest absolute Gasteiger partial charge is 0.228 e. The summed E-state index contributed by atoms with van der Waals surface area (Å²) in [5, 5.41) is 3.42. The summed E-state index contributed by atoms with van der Waals surface area (Å²) in [6.07, 6.45) is 1.59. The monoisotopic (exact) mass is 357 g/mol. The quantitative estimate of drug-likeness (QED) is 0.838. The van der Waals surface area contributed by atoms with Crippen LogP contribution in [-0.2, 0) is 0 Å². The Hall–Kier alpha value is -1.53. The number of rotatable bonds is 4. The van der Waals surface area contributed by atoms with E-state index in [1.807, 2.05) is 19.1 Å². The predicted octanol–water partition coefficient (Wildman–Crippen LogP) is 3.96. The SMILES string of the molecule is COc1cc(Nc2ncc(Br)c(Cl)n2)cc(C)c1OC. The largest absolute Gasteiger partial charge is 0.493 e. The molecule has 0 radical (unpaired) electrons. The molecule has 0 aliphatic carbocycles. The van der Waals surface area contributed by atoms with Crippen molar-refractivity contribution in [1.82, 2.24) is 9.97 Å². The number of anilines is 2. The summed E-state index contributed by atoms with van der Waals surface area (Å²) in [6.45, 7) is 1.93. The lowest BCUT2D eigenvalue weighted by Gasteiger charge is -2.13. The molecule has 0 aliphatic heterocycles. The highest BCUT2D eigenvalue weighted by Gasteiger charge is 2.10. The predicted molar refractivity (Wildman–Crippen MR) is 82.3 cm³/mol. The van der Waals surface area contributed by atoms with Crippen molar-refractivity contribution in [2.75, 3.05) is 19.5 Å². The van der Waals surface area contributed by atoms with Crippen molar-refractivity contribution >= 4 is 39.2 Å². The minimum absolute atomic E-state index is 0.347. The van der Waals surface area contributed by atoms with Crippen molar-refractivity contribution < 1.29 is 9.47 Å². The van der Waals surface area contributed by atoms with Crippen LogP contribution in [0.25, 0.3) is 0 Å². The van der Waals surface area contributed by atoms with Gasteiger partial charge in [-0.05, 0) is 34.5 Å². The Morgan fingerprint density at radius 3 is 2.60 bits per heavy atom. The lowest BCUT2D eigenvalue weighted by Crippen LogP contribution is -2.00. The zero-order valence-electron chi connectivity index (χ0n) is 11.2. The molecule has 0 saturated heterocycles. The van der Waals surface area contributed by atoms with Crippen LogP contribution in [0.3, 0.4) is 0 Å². The number of nitrogens with one attached hydrogen (secondary N) is 1. The van der Waals surface area contributed by atoms with Crippen LogP contribution in [0.1, 0.15) is 5.56 Å². The summed E-state index contributed by atoms with van der Waals surface area (Å²) in [5.74, 6) is 1.75. The minimum atomic E-state index is 0.347. The zero-order chi connectivity index (χ0) is 14.7. The summed E-state index contributed by atoms with van der Waals surface area (Å²) in [7, 11) is 3.20. The fourth-order valence-corrected chi connectivity index (χ4v) is 2.08. The third kappa shape index (κ3) is 3.13. The average Bonchev–Trinajstić information content (AvgIpc) is 2.42. The number of aryl methyl sites for hydroxylation is 1. The fraction of sp³-hybridized carbons (Fsp3) is 0.231. The molecule has 0 fully saturated rings. The van der Waals surface area contributed by atoms with Crippen LogP contribution in [0, 0.1) is 6.92 Å². The molecule has 106 valence electrons. The van der Waals surface area contributed by atoms with Crippen LogP contribution in [0.2, 0.25) is 5.15 Å². The number of ether oxygens (including phenoxy) is 2.